The monoisotopic (exact) mass is 394 g/mol. The molecule has 1 saturated carbocycles. The first kappa shape index (κ1) is 18.9. The number of carbonyl (C=O) groups is 2. The van der Waals surface area contributed by atoms with Crippen LogP contribution in [-0.2, 0) is 5.54 Å². The van der Waals surface area contributed by atoms with Gasteiger partial charge in [-0.05, 0) is 49.6 Å². The Bertz CT molecular complexity index is 1030. The number of furan rings is 1. The van der Waals surface area contributed by atoms with Gasteiger partial charge in [0.25, 0.3) is 11.8 Å². The molecule has 0 atom stereocenters. The minimum absolute atomic E-state index is 0.205. The normalized spacial score (nSPS) is 15.2. The van der Waals surface area contributed by atoms with Crippen LogP contribution in [0.4, 0.5) is 5.69 Å². The molecule has 0 saturated heterocycles. The Balaban J connectivity index is 1.56. The Morgan fingerprint density at radius 1 is 1.10 bits per heavy atom. The van der Waals surface area contributed by atoms with Crippen LogP contribution >= 0.6 is 0 Å². The maximum absolute atomic E-state index is 13.0. The first-order valence-electron chi connectivity index (χ1n) is 9.56. The number of rotatable bonds is 5. The van der Waals surface area contributed by atoms with Crippen molar-refractivity contribution in [1.29, 1.82) is 0 Å². The average molecular weight is 394 g/mol. The molecule has 1 fully saturated rings. The van der Waals surface area contributed by atoms with Crippen LogP contribution in [0.15, 0.2) is 45.5 Å². The molecule has 2 N–H and O–H groups in total. The molecule has 1 aromatic carbocycles. The van der Waals surface area contributed by atoms with Gasteiger partial charge in [0, 0.05) is 18.2 Å². The summed E-state index contributed by atoms with van der Waals surface area (Å²) in [6, 6.07) is 8.42. The molecule has 150 valence electrons. The number of aryl methyl sites for hydroxylation is 2. The van der Waals surface area contributed by atoms with Gasteiger partial charge in [0.15, 0.2) is 11.6 Å². The van der Waals surface area contributed by atoms with Crippen LogP contribution < -0.4 is 10.6 Å². The zero-order chi connectivity index (χ0) is 20.4. The molecule has 1 aliphatic carbocycles. The van der Waals surface area contributed by atoms with Gasteiger partial charge in [-0.3, -0.25) is 9.59 Å². The molecule has 4 rings (SSSR count). The topological polar surface area (TPSA) is 110 Å². The molecule has 29 heavy (non-hydrogen) atoms. The zero-order valence-corrected chi connectivity index (χ0v) is 16.3. The summed E-state index contributed by atoms with van der Waals surface area (Å²) in [7, 11) is 0. The Hall–Kier alpha value is -3.42. The predicted octanol–water partition coefficient (Wildman–Crippen LogP) is 3.73. The third kappa shape index (κ3) is 3.78. The van der Waals surface area contributed by atoms with Gasteiger partial charge in [-0.25, -0.2) is 0 Å². The molecule has 3 aromatic rings. The molecule has 0 bridgehead atoms. The van der Waals surface area contributed by atoms with E-state index in [1.165, 1.54) is 6.26 Å². The lowest BCUT2D eigenvalue weighted by Gasteiger charge is -2.27. The summed E-state index contributed by atoms with van der Waals surface area (Å²) in [4.78, 5) is 29.7. The molecule has 2 amide bonds. The number of nitrogens with zero attached hydrogens (tertiary/aromatic N) is 2. The number of benzene rings is 1. The molecule has 0 unspecified atom stereocenters. The molecule has 0 radical (unpaired) electrons. The van der Waals surface area contributed by atoms with Gasteiger partial charge in [-0.15, -0.1) is 0 Å². The second-order valence-corrected chi connectivity index (χ2v) is 7.34. The molecule has 2 aromatic heterocycles. The van der Waals surface area contributed by atoms with Crippen molar-refractivity contribution in [3.8, 4) is 0 Å². The summed E-state index contributed by atoms with van der Waals surface area (Å²) in [5.74, 6) is 0.572. The van der Waals surface area contributed by atoms with Gasteiger partial charge in [0.1, 0.15) is 5.54 Å². The highest BCUT2D eigenvalue weighted by Gasteiger charge is 2.41. The molecule has 1 aliphatic rings. The number of aromatic nitrogens is 2. The van der Waals surface area contributed by atoms with E-state index in [1.807, 2.05) is 6.92 Å². The number of hydrogen-bond donors (Lipinski definition) is 2. The zero-order valence-electron chi connectivity index (χ0n) is 16.3. The minimum Gasteiger partial charge on any atom is -0.459 e. The van der Waals surface area contributed by atoms with Crippen molar-refractivity contribution in [2.45, 2.75) is 45.1 Å². The molecule has 8 nitrogen and oxygen atoms in total. The average Bonchev–Trinajstić information content (AvgIpc) is 3.45. The van der Waals surface area contributed by atoms with E-state index in [4.69, 9.17) is 8.94 Å². The fourth-order valence-corrected chi connectivity index (χ4v) is 3.66. The number of carbonyl (C=O) groups excluding carboxylic acids is 2. The van der Waals surface area contributed by atoms with E-state index in [-0.39, 0.29) is 17.6 Å². The van der Waals surface area contributed by atoms with E-state index in [2.05, 4.69) is 20.8 Å². The maximum Gasteiger partial charge on any atom is 0.291 e. The number of anilines is 1. The van der Waals surface area contributed by atoms with Crippen LogP contribution in [0.5, 0.6) is 0 Å². The van der Waals surface area contributed by atoms with E-state index in [1.54, 1.807) is 37.3 Å². The van der Waals surface area contributed by atoms with Gasteiger partial charge in [0.2, 0.25) is 5.89 Å². The lowest BCUT2D eigenvalue weighted by Crippen LogP contribution is -2.44. The van der Waals surface area contributed by atoms with Crippen molar-refractivity contribution >= 4 is 17.5 Å². The van der Waals surface area contributed by atoms with E-state index in [9.17, 15) is 9.59 Å². The molecule has 2 heterocycles. The van der Waals surface area contributed by atoms with Crippen molar-refractivity contribution in [2.24, 2.45) is 0 Å². The van der Waals surface area contributed by atoms with Gasteiger partial charge in [0.05, 0.1) is 6.26 Å². The first-order valence-corrected chi connectivity index (χ1v) is 9.56. The Kier molecular flexibility index (Phi) is 4.92. The van der Waals surface area contributed by atoms with Crippen molar-refractivity contribution in [1.82, 2.24) is 15.5 Å². The van der Waals surface area contributed by atoms with Crippen LogP contribution in [0.1, 0.15) is 63.9 Å². The van der Waals surface area contributed by atoms with Crippen LogP contribution in [0.25, 0.3) is 0 Å². The first-order chi connectivity index (χ1) is 14.0. The number of hydrogen-bond acceptors (Lipinski definition) is 6. The fraction of sp³-hybridized carbons (Fsp3) is 0.333. The minimum atomic E-state index is -0.628. The standard InChI is InChI=1S/C21H22N4O4/c1-13-7-8-15(12-16(13)23-19(27)17-6-5-11-28-17)18(26)24-21(9-3-4-10-21)20-22-14(2)29-25-20/h5-8,11-12H,3-4,9-10H2,1-2H3,(H,23,27)(H,24,26). The highest BCUT2D eigenvalue weighted by Crippen LogP contribution is 2.37. The molecule has 0 aliphatic heterocycles. The van der Waals surface area contributed by atoms with E-state index < -0.39 is 5.54 Å². The quantitative estimate of drug-likeness (QED) is 0.682. The third-order valence-electron chi connectivity index (χ3n) is 5.26. The third-order valence-corrected chi connectivity index (χ3v) is 5.26. The lowest BCUT2D eigenvalue weighted by atomic mass is 9.95. The Morgan fingerprint density at radius 2 is 1.90 bits per heavy atom. The van der Waals surface area contributed by atoms with E-state index in [0.29, 0.717) is 23.0 Å². The molecular formula is C21H22N4O4. The fourth-order valence-electron chi connectivity index (χ4n) is 3.66. The van der Waals surface area contributed by atoms with Crippen molar-refractivity contribution < 1.29 is 18.5 Å². The second kappa shape index (κ2) is 7.54. The van der Waals surface area contributed by atoms with Gasteiger partial charge in [-0.2, -0.15) is 4.98 Å². The number of nitrogens with one attached hydrogen (secondary N) is 2. The summed E-state index contributed by atoms with van der Waals surface area (Å²) < 4.78 is 10.3. The van der Waals surface area contributed by atoms with Gasteiger partial charge >= 0.3 is 0 Å². The van der Waals surface area contributed by atoms with Crippen molar-refractivity contribution in [2.75, 3.05) is 5.32 Å². The highest BCUT2D eigenvalue weighted by atomic mass is 16.5. The van der Waals surface area contributed by atoms with E-state index >= 15 is 0 Å². The Labute approximate surface area is 167 Å². The summed E-state index contributed by atoms with van der Waals surface area (Å²) in [5.41, 5.74) is 1.20. The Morgan fingerprint density at radius 3 is 2.55 bits per heavy atom. The number of amides is 2. The molecule has 0 spiro atoms. The van der Waals surface area contributed by atoms with Crippen LogP contribution in [0, 0.1) is 13.8 Å². The SMILES string of the molecule is Cc1nc(C2(NC(=O)c3ccc(C)c(NC(=O)c4ccco4)c3)CCCC2)no1. The van der Waals surface area contributed by atoms with Crippen LogP contribution in [0.3, 0.4) is 0 Å². The summed E-state index contributed by atoms with van der Waals surface area (Å²) in [6.45, 7) is 3.59. The summed E-state index contributed by atoms with van der Waals surface area (Å²) in [5, 5.41) is 9.95. The van der Waals surface area contributed by atoms with Crippen molar-refractivity contribution in [3.05, 3.63) is 65.2 Å². The summed E-state index contributed by atoms with van der Waals surface area (Å²) >= 11 is 0. The molecular weight excluding hydrogens is 372 g/mol. The van der Waals surface area contributed by atoms with Gasteiger partial charge < -0.3 is 19.6 Å². The van der Waals surface area contributed by atoms with E-state index in [0.717, 1.165) is 31.2 Å². The van der Waals surface area contributed by atoms with Crippen LogP contribution in [0.2, 0.25) is 0 Å². The maximum atomic E-state index is 13.0. The highest BCUT2D eigenvalue weighted by molar-refractivity contribution is 6.04. The smallest absolute Gasteiger partial charge is 0.291 e. The summed E-state index contributed by atoms with van der Waals surface area (Å²) in [6.07, 6.45) is 4.90. The van der Waals surface area contributed by atoms with Crippen LogP contribution in [-0.4, -0.2) is 22.0 Å². The molecule has 8 heteroatoms. The predicted molar refractivity (Wildman–Crippen MR) is 104 cm³/mol. The second-order valence-electron chi connectivity index (χ2n) is 7.34. The largest absolute Gasteiger partial charge is 0.459 e. The van der Waals surface area contributed by atoms with Gasteiger partial charge in [-0.1, -0.05) is 24.1 Å². The lowest BCUT2D eigenvalue weighted by molar-refractivity contribution is 0.0891. The van der Waals surface area contributed by atoms with Crippen molar-refractivity contribution in [3.63, 3.8) is 0 Å².